The summed E-state index contributed by atoms with van der Waals surface area (Å²) in [4.78, 5) is 25.7. The van der Waals surface area contributed by atoms with Crippen LogP contribution in [-0.4, -0.2) is 29.0 Å². The van der Waals surface area contributed by atoms with Crippen LogP contribution in [0.3, 0.4) is 0 Å². The first-order chi connectivity index (χ1) is 10.1. The van der Waals surface area contributed by atoms with Gasteiger partial charge in [-0.15, -0.1) is 0 Å². The number of nitro groups is 1. The molecular weight excluding hydrogens is 288 g/mol. The van der Waals surface area contributed by atoms with Crippen molar-refractivity contribution in [3.63, 3.8) is 0 Å². The molecule has 3 N–H and O–H groups in total. The number of nitro benzene ring substituents is 1. The van der Waals surface area contributed by atoms with E-state index in [9.17, 15) is 14.9 Å². The number of hydrogen-bond donors (Lipinski definition) is 2. The molecule has 1 amide bonds. The van der Waals surface area contributed by atoms with Crippen LogP contribution in [0.1, 0.15) is 33.3 Å². The number of amides is 1. The Bertz CT molecular complexity index is 605. The molecule has 0 aliphatic carbocycles. The summed E-state index contributed by atoms with van der Waals surface area (Å²) in [5.74, 6) is -0.145. The maximum atomic E-state index is 11.7. The van der Waals surface area contributed by atoms with Crippen LogP contribution in [0.25, 0.3) is 0 Å². The average molecular weight is 308 g/mol. The van der Waals surface area contributed by atoms with Gasteiger partial charge in [0.15, 0.2) is 0 Å². The molecule has 22 heavy (non-hydrogen) atoms. The molecule has 0 atom stereocenters. The van der Waals surface area contributed by atoms with Crippen molar-refractivity contribution in [3.05, 3.63) is 33.9 Å². The van der Waals surface area contributed by atoms with Crippen LogP contribution < -0.4 is 11.1 Å². The highest BCUT2D eigenvalue weighted by atomic mass is 16.6. The predicted molar refractivity (Wildman–Crippen MR) is 84.2 cm³/mol. The van der Waals surface area contributed by atoms with Crippen molar-refractivity contribution in [1.82, 2.24) is 0 Å². The fourth-order valence-corrected chi connectivity index (χ4v) is 1.65. The highest BCUT2D eigenvalue weighted by Gasteiger charge is 2.18. The maximum Gasteiger partial charge on any atom is 0.436 e. The zero-order chi connectivity index (χ0) is 16.9. The van der Waals surface area contributed by atoms with E-state index in [0.29, 0.717) is 12.2 Å². The zero-order valence-electron chi connectivity index (χ0n) is 13.0. The van der Waals surface area contributed by atoms with E-state index in [1.807, 2.05) is 6.92 Å². The molecule has 0 aliphatic heterocycles. The van der Waals surface area contributed by atoms with Crippen molar-refractivity contribution in [3.8, 4) is 0 Å². The normalized spacial score (nSPS) is 11.9. The number of amidine groups is 1. The van der Waals surface area contributed by atoms with E-state index >= 15 is 0 Å². The lowest BCUT2D eigenvalue weighted by Gasteiger charge is -2.17. The van der Waals surface area contributed by atoms with Gasteiger partial charge in [-0.1, -0.05) is 0 Å². The minimum absolute atomic E-state index is 0.140. The van der Waals surface area contributed by atoms with Gasteiger partial charge in [-0.3, -0.25) is 10.1 Å². The van der Waals surface area contributed by atoms with Gasteiger partial charge in [-0.05, 0) is 33.8 Å². The second-order valence-corrected chi connectivity index (χ2v) is 5.49. The first-order valence-electron chi connectivity index (χ1n) is 6.74. The molecule has 120 valence electrons. The van der Waals surface area contributed by atoms with E-state index < -0.39 is 16.6 Å². The highest BCUT2D eigenvalue weighted by Crippen LogP contribution is 2.22. The van der Waals surface area contributed by atoms with Crippen LogP contribution >= 0.6 is 0 Å². The van der Waals surface area contributed by atoms with Gasteiger partial charge in [-0.2, -0.15) is 4.99 Å². The van der Waals surface area contributed by atoms with E-state index in [4.69, 9.17) is 10.5 Å². The largest absolute Gasteiger partial charge is 0.442 e. The number of anilines is 1. The third kappa shape index (κ3) is 5.04. The number of benzene rings is 1. The third-order valence-electron chi connectivity index (χ3n) is 2.46. The summed E-state index contributed by atoms with van der Waals surface area (Å²) in [6.07, 6.45) is -0.848. The Morgan fingerprint density at radius 3 is 2.59 bits per heavy atom. The Labute approximate surface area is 128 Å². The quantitative estimate of drug-likeness (QED) is 0.382. The first-order valence-corrected chi connectivity index (χ1v) is 6.74. The molecule has 0 aliphatic rings. The molecule has 1 rings (SSSR count). The lowest BCUT2D eigenvalue weighted by molar-refractivity contribution is -0.384. The summed E-state index contributed by atoms with van der Waals surface area (Å²) in [5, 5.41) is 13.9. The summed E-state index contributed by atoms with van der Waals surface area (Å²) in [6.45, 7) is 7.56. The number of non-ortho nitro benzene ring substituents is 1. The summed E-state index contributed by atoms with van der Waals surface area (Å²) < 4.78 is 5.05. The van der Waals surface area contributed by atoms with Crippen LogP contribution in [0.5, 0.6) is 0 Å². The summed E-state index contributed by atoms with van der Waals surface area (Å²) in [7, 11) is 0. The minimum atomic E-state index is -0.848. The molecule has 0 unspecified atom stereocenters. The highest BCUT2D eigenvalue weighted by molar-refractivity contribution is 6.07. The second kappa shape index (κ2) is 6.88. The molecule has 0 saturated carbocycles. The smallest absolute Gasteiger partial charge is 0.436 e. The lowest BCUT2D eigenvalue weighted by atomic mass is 10.1. The maximum absolute atomic E-state index is 11.7. The molecule has 1 aromatic rings. The molecule has 0 bridgehead atoms. The average Bonchev–Trinajstić information content (AvgIpc) is 2.36. The predicted octanol–water partition coefficient (Wildman–Crippen LogP) is 2.67. The van der Waals surface area contributed by atoms with Crippen molar-refractivity contribution in [2.24, 2.45) is 10.7 Å². The molecule has 0 radical (unpaired) electrons. The fraction of sp³-hybridized carbons (Fsp3) is 0.429. The molecule has 0 saturated heterocycles. The fourth-order valence-electron chi connectivity index (χ4n) is 1.65. The second-order valence-electron chi connectivity index (χ2n) is 5.49. The molecule has 0 heterocycles. The molecule has 8 heteroatoms. The van der Waals surface area contributed by atoms with E-state index in [1.54, 1.807) is 20.8 Å². The molecular formula is C14H20N4O4. The molecule has 0 aromatic heterocycles. The number of carbonyl (C=O) groups is 1. The number of carbonyl (C=O) groups excluding carboxylic acids is 1. The Hall–Kier alpha value is -2.64. The van der Waals surface area contributed by atoms with Gasteiger partial charge < -0.3 is 15.8 Å². The van der Waals surface area contributed by atoms with Gasteiger partial charge in [0.2, 0.25) is 0 Å². The van der Waals surface area contributed by atoms with Crippen molar-refractivity contribution in [2.75, 3.05) is 11.9 Å². The van der Waals surface area contributed by atoms with Crippen molar-refractivity contribution >= 4 is 23.3 Å². The third-order valence-corrected chi connectivity index (χ3v) is 2.46. The van der Waals surface area contributed by atoms with E-state index in [0.717, 1.165) is 0 Å². The first kappa shape index (κ1) is 17.4. The minimum Gasteiger partial charge on any atom is -0.442 e. The Morgan fingerprint density at radius 1 is 1.45 bits per heavy atom. The van der Waals surface area contributed by atoms with Gasteiger partial charge in [0.1, 0.15) is 11.4 Å². The van der Waals surface area contributed by atoms with Crippen LogP contribution in [0.2, 0.25) is 0 Å². The molecule has 0 spiro atoms. The van der Waals surface area contributed by atoms with Crippen molar-refractivity contribution in [2.45, 2.75) is 33.3 Å². The van der Waals surface area contributed by atoms with Crippen LogP contribution in [-0.2, 0) is 4.74 Å². The molecule has 8 nitrogen and oxygen atoms in total. The Morgan fingerprint density at radius 2 is 2.09 bits per heavy atom. The molecule has 0 fully saturated rings. The number of hydrogen-bond acceptors (Lipinski definition) is 5. The van der Waals surface area contributed by atoms with Crippen LogP contribution in [0.4, 0.5) is 16.2 Å². The van der Waals surface area contributed by atoms with Crippen molar-refractivity contribution < 1.29 is 14.5 Å². The number of nitrogens with one attached hydrogen (secondary N) is 1. The lowest BCUT2D eigenvalue weighted by Crippen LogP contribution is -2.25. The Kier molecular flexibility index (Phi) is 5.44. The number of aliphatic imine (C=N–C) groups is 1. The van der Waals surface area contributed by atoms with Crippen LogP contribution in [0, 0.1) is 10.1 Å². The standard InChI is InChI=1S/C14H20N4O4/c1-5-16-11-7-6-9(18(20)21)8-10(11)12(15)17-13(19)22-14(2,3)4/h6-8,16H,5H2,1-4H3,(H2,15,17,19). The van der Waals surface area contributed by atoms with Gasteiger partial charge in [-0.25, -0.2) is 4.79 Å². The van der Waals surface area contributed by atoms with Crippen molar-refractivity contribution in [1.29, 1.82) is 0 Å². The Balaban J connectivity index is 3.18. The topological polar surface area (TPSA) is 120 Å². The van der Waals surface area contributed by atoms with E-state index in [-0.39, 0.29) is 17.1 Å². The summed E-state index contributed by atoms with van der Waals surface area (Å²) >= 11 is 0. The number of rotatable bonds is 4. The number of nitrogens with two attached hydrogens (primary N) is 1. The van der Waals surface area contributed by atoms with Gasteiger partial charge in [0.05, 0.1) is 4.92 Å². The molecule has 1 aromatic carbocycles. The number of nitrogens with zero attached hydrogens (tertiary/aromatic N) is 2. The zero-order valence-corrected chi connectivity index (χ0v) is 13.0. The van der Waals surface area contributed by atoms with Gasteiger partial charge in [0, 0.05) is 29.9 Å². The summed E-state index contributed by atoms with van der Waals surface area (Å²) in [6, 6.07) is 4.14. The number of ether oxygens (including phenoxy) is 1. The van der Waals surface area contributed by atoms with Crippen LogP contribution in [0.15, 0.2) is 23.2 Å². The SMILES string of the molecule is CCNc1ccc([N+](=O)[O-])cc1/C(N)=N/C(=O)OC(C)(C)C. The van der Waals surface area contributed by atoms with Gasteiger partial charge >= 0.3 is 6.09 Å². The summed E-state index contributed by atoms with van der Waals surface area (Å²) in [5.41, 5.74) is 5.79. The van der Waals surface area contributed by atoms with E-state index in [1.165, 1.54) is 18.2 Å². The monoisotopic (exact) mass is 308 g/mol. The van der Waals surface area contributed by atoms with Gasteiger partial charge in [0.25, 0.3) is 5.69 Å². The van der Waals surface area contributed by atoms with E-state index in [2.05, 4.69) is 10.3 Å².